The summed E-state index contributed by atoms with van der Waals surface area (Å²) in [5.41, 5.74) is 1.35. The van der Waals surface area contributed by atoms with Gasteiger partial charge in [0.25, 0.3) is 0 Å². The van der Waals surface area contributed by atoms with Crippen molar-refractivity contribution >= 4 is 18.1 Å². The second kappa shape index (κ2) is 5.91. The number of carbonyl (C=O) groups excluding carboxylic acids is 1. The first-order valence-corrected chi connectivity index (χ1v) is 5.72. The molecular weight excluding hydrogens is 244 g/mol. The normalized spacial score (nSPS) is 10.6. The van der Waals surface area contributed by atoms with Crippen LogP contribution < -0.4 is 4.74 Å². The molecule has 0 saturated carbocycles. The Morgan fingerprint density at radius 3 is 2.79 bits per heavy atom. The number of hydrogen-bond donors (Lipinski definition) is 0. The maximum atomic E-state index is 11.5. The van der Waals surface area contributed by atoms with E-state index < -0.39 is 5.97 Å². The number of furan rings is 1. The van der Waals surface area contributed by atoms with Crippen molar-refractivity contribution in [1.29, 1.82) is 0 Å². The summed E-state index contributed by atoms with van der Waals surface area (Å²) >= 11 is 0. The number of esters is 1. The number of ether oxygens (including phenoxy) is 2. The second-order valence-electron chi connectivity index (χ2n) is 3.80. The van der Waals surface area contributed by atoms with Gasteiger partial charge >= 0.3 is 5.97 Å². The van der Waals surface area contributed by atoms with Gasteiger partial charge in [-0.15, -0.1) is 0 Å². The Hall–Kier alpha value is -2.49. The lowest BCUT2D eigenvalue weighted by molar-refractivity contribution is 0.0599. The Morgan fingerprint density at radius 1 is 1.21 bits per heavy atom. The van der Waals surface area contributed by atoms with Crippen molar-refractivity contribution < 1.29 is 18.7 Å². The Morgan fingerprint density at radius 2 is 2.05 bits per heavy atom. The van der Waals surface area contributed by atoms with Gasteiger partial charge in [-0.25, -0.2) is 4.79 Å². The Bertz CT molecular complexity index is 596. The average molecular weight is 258 g/mol. The maximum absolute atomic E-state index is 11.5. The number of benzene rings is 1. The molecule has 0 N–H and O–H groups in total. The van der Waals surface area contributed by atoms with E-state index in [9.17, 15) is 4.79 Å². The highest BCUT2D eigenvalue weighted by Crippen LogP contribution is 2.18. The van der Waals surface area contributed by atoms with E-state index in [0.717, 1.165) is 11.3 Å². The SMILES string of the molecule is COC(=O)c1ccoc1/C=C/c1cccc(OC)c1. The second-order valence-corrected chi connectivity index (χ2v) is 3.80. The van der Waals surface area contributed by atoms with Crippen LogP contribution >= 0.6 is 0 Å². The van der Waals surface area contributed by atoms with Crippen LogP contribution in [0.3, 0.4) is 0 Å². The zero-order valence-corrected chi connectivity index (χ0v) is 10.8. The molecule has 1 heterocycles. The van der Waals surface area contributed by atoms with Crippen LogP contribution in [0.4, 0.5) is 0 Å². The van der Waals surface area contributed by atoms with Crippen LogP contribution in [-0.2, 0) is 4.74 Å². The summed E-state index contributed by atoms with van der Waals surface area (Å²) in [6.07, 6.45) is 5.02. The average Bonchev–Trinajstić information content (AvgIpc) is 2.93. The molecule has 4 heteroatoms. The molecule has 4 nitrogen and oxygen atoms in total. The molecule has 0 aliphatic heterocycles. The Kier molecular flexibility index (Phi) is 4.03. The maximum Gasteiger partial charge on any atom is 0.341 e. The summed E-state index contributed by atoms with van der Waals surface area (Å²) < 4.78 is 15.1. The summed E-state index contributed by atoms with van der Waals surface area (Å²) in [6, 6.07) is 9.15. The first-order valence-electron chi connectivity index (χ1n) is 5.72. The van der Waals surface area contributed by atoms with Crippen LogP contribution in [0.1, 0.15) is 21.7 Å². The van der Waals surface area contributed by atoms with Gasteiger partial charge in [0.2, 0.25) is 0 Å². The summed E-state index contributed by atoms with van der Waals surface area (Å²) in [5, 5.41) is 0. The van der Waals surface area contributed by atoms with Gasteiger partial charge in [-0.3, -0.25) is 0 Å². The Balaban J connectivity index is 2.23. The van der Waals surface area contributed by atoms with Crippen molar-refractivity contribution in [3.05, 3.63) is 53.5 Å². The van der Waals surface area contributed by atoms with E-state index in [2.05, 4.69) is 4.74 Å². The minimum Gasteiger partial charge on any atom is -0.497 e. The highest BCUT2D eigenvalue weighted by molar-refractivity contribution is 5.93. The lowest BCUT2D eigenvalue weighted by atomic mass is 10.1. The van der Waals surface area contributed by atoms with E-state index in [1.54, 1.807) is 19.3 Å². The molecule has 19 heavy (non-hydrogen) atoms. The van der Waals surface area contributed by atoms with Crippen LogP contribution in [0, 0.1) is 0 Å². The molecule has 0 bridgehead atoms. The molecule has 98 valence electrons. The van der Waals surface area contributed by atoms with Crippen molar-refractivity contribution in [3.63, 3.8) is 0 Å². The quantitative estimate of drug-likeness (QED) is 0.790. The van der Waals surface area contributed by atoms with E-state index >= 15 is 0 Å². The fourth-order valence-corrected chi connectivity index (χ4v) is 1.65. The standard InChI is InChI=1S/C15H14O4/c1-17-12-5-3-4-11(10-12)6-7-14-13(8-9-19-14)15(16)18-2/h3-10H,1-2H3/b7-6+. The first-order chi connectivity index (χ1) is 9.24. The van der Waals surface area contributed by atoms with Crippen molar-refractivity contribution in [3.8, 4) is 5.75 Å². The largest absolute Gasteiger partial charge is 0.497 e. The van der Waals surface area contributed by atoms with E-state index in [-0.39, 0.29) is 0 Å². The van der Waals surface area contributed by atoms with E-state index in [1.165, 1.54) is 13.4 Å². The third-order valence-corrected chi connectivity index (χ3v) is 2.62. The van der Waals surface area contributed by atoms with Crippen LogP contribution in [0.25, 0.3) is 12.2 Å². The van der Waals surface area contributed by atoms with Gasteiger partial charge in [-0.05, 0) is 29.8 Å². The number of methoxy groups -OCH3 is 2. The zero-order chi connectivity index (χ0) is 13.7. The number of carbonyl (C=O) groups is 1. The summed E-state index contributed by atoms with van der Waals surface area (Å²) in [4.78, 5) is 11.5. The van der Waals surface area contributed by atoms with Crippen molar-refractivity contribution in [2.24, 2.45) is 0 Å². The van der Waals surface area contributed by atoms with E-state index in [4.69, 9.17) is 9.15 Å². The Labute approximate surface area is 111 Å². The molecule has 0 spiro atoms. The molecule has 0 radical (unpaired) electrons. The zero-order valence-electron chi connectivity index (χ0n) is 10.8. The summed E-state index contributed by atoms with van der Waals surface area (Å²) in [7, 11) is 2.95. The third kappa shape index (κ3) is 3.04. The molecule has 0 atom stereocenters. The monoisotopic (exact) mass is 258 g/mol. The fraction of sp³-hybridized carbons (Fsp3) is 0.133. The van der Waals surface area contributed by atoms with Crippen LogP contribution in [-0.4, -0.2) is 20.2 Å². The molecule has 0 unspecified atom stereocenters. The predicted molar refractivity (Wildman–Crippen MR) is 72.0 cm³/mol. The smallest absolute Gasteiger partial charge is 0.341 e. The molecule has 0 amide bonds. The van der Waals surface area contributed by atoms with Crippen LogP contribution in [0.2, 0.25) is 0 Å². The van der Waals surface area contributed by atoms with Gasteiger partial charge in [0.1, 0.15) is 17.1 Å². The molecule has 2 aromatic rings. The van der Waals surface area contributed by atoms with Gasteiger partial charge in [-0.1, -0.05) is 18.2 Å². The molecule has 2 rings (SSSR count). The van der Waals surface area contributed by atoms with E-state index in [0.29, 0.717) is 11.3 Å². The first kappa shape index (κ1) is 13.0. The summed E-state index contributed by atoms with van der Waals surface area (Å²) in [5.74, 6) is 0.823. The third-order valence-electron chi connectivity index (χ3n) is 2.62. The molecule has 1 aromatic heterocycles. The molecule has 0 aliphatic rings. The lowest BCUT2D eigenvalue weighted by Crippen LogP contribution is -2.00. The molecule has 1 aromatic carbocycles. The molecule has 0 aliphatic carbocycles. The van der Waals surface area contributed by atoms with Gasteiger partial charge in [0.15, 0.2) is 0 Å². The predicted octanol–water partition coefficient (Wildman–Crippen LogP) is 3.25. The van der Waals surface area contributed by atoms with Crippen molar-refractivity contribution in [1.82, 2.24) is 0 Å². The van der Waals surface area contributed by atoms with Gasteiger partial charge in [0.05, 0.1) is 20.5 Å². The highest BCUT2D eigenvalue weighted by Gasteiger charge is 2.12. The van der Waals surface area contributed by atoms with Gasteiger partial charge in [-0.2, -0.15) is 0 Å². The minimum absolute atomic E-state index is 0.404. The minimum atomic E-state index is -0.418. The number of rotatable bonds is 4. The van der Waals surface area contributed by atoms with Crippen LogP contribution in [0.5, 0.6) is 5.75 Å². The van der Waals surface area contributed by atoms with Gasteiger partial charge < -0.3 is 13.9 Å². The van der Waals surface area contributed by atoms with E-state index in [1.807, 2.05) is 30.3 Å². The molecule has 0 fully saturated rings. The van der Waals surface area contributed by atoms with Crippen molar-refractivity contribution in [2.75, 3.05) is 14.2 Å². The number of hydrogen-bond acceptors (Lipinski definition) is 4. The van der Waals surface area contributed by atoms with Crippen LogP contribution in [0.15, 0.2) is 41.0 Å². The molecular formula is C15H14O4. The fourth-order valence-electron chi connectivity index (χ4n) is 1.65. The highest BCUT2D eigenvalue weighted by atomic mass is 16.5. The van der Waals surface area contributed by atoms with Crippen molar-refractivity contribution in [2.45, 2.75) is 0 Å². The lowest BCUT2D eigenvalue weighted by Gasteiger charge is -2.00. The molecule has 0 saturated heterocycles. The van der Waals surface area contributed by atoms with Gasteiger partial charge in [0, 0.05) is 0 Å². The summed E-state index contributed by atoms with van der Waals surface area (Å²) in [6.45, 7) is 0. The topological polar surface area (TPSA) is 48.7 Å².